The monoisotopic (exact) mass is 282 g/mol. The van der Waals surface area contributed by atoms with Crippen molar-refractivity contribution in [3.05, 3.63) is 0 Å². The minimum Gasteiger partial charge on any atom is -0.0654 e. The lowest BCUT2D eigenvalue weighted by atomic mass is 9.82. The molecule has 0 nitrogen and oxygen atoms in total. The number of hydrogen-bond donors (Lipinski definition) is 0. The van der Waals surface area contributed by atoms with Gasteiger partial charge in [0.2, 0.25) is 0 Å². The molecular weight excluding hydrogens is 240 g/mol. The van der Waals surface area contributed by atoms with Gasteiger partial charge in [-0.3, -0.25) is 0 Å². The van der Waals surface area contributed by atoms with Crippen molar-refractivity contribution in [2.45, 2.75) is 118 Å². The Labute approximate surface area is 130 Å². The number of hydrogen-bond acceptors (Lipinski definition) is 0. The molecule has 0 amide bonds. The Bertz CT molecular complexity index is 173. The SMILES string of the molecule is CCCCCCC(CCCC)CC(CCC)CCCC. The van der Waals surface area contributed by atoms with Crippen molar-refractivity contribution in [2.75, 3.05) is 0 Å². The molecule has 0 aliphatic rings. The van der Waals surface area contributed by atoms with Crippen LogP contribution in [0.3, 0.4) is 0 Å². The molecule has 0 fully saturated rings. The maximum Gasteiger partial charge on any atom is -0.0412 e. The third kappa shape index (κ3) is 11.8. The largest absolute Gasteiger partial charge is 0.0654 e. The van der Waals surface area contributed by atoms with Crippen LogP contribution >= 0.6 is 0 Å². The van der Waals surface area contributed by atoms with Crippen molar-refractivity contribution in [1.82, 2.24) is 0 Å². The van der Waals surface area contributed by atoms with Gasteiger partial charge in [0, 0.05) is 0 Å². The summed E-state index contributed by atoms with van der Waals surface area (Å²) in [6.07, 6.45) is 20.3. The van der Waals surface area contributed by atoms with E-state index in [9.17, 15) is 0 Å². The van der Waals surface area contributed by atoms with Crippen molar-refractivity contribution in [2.24, 2.45) is 11.8 Å². The van der Waals surface area contributed by atoms with Gasteiger partial charge >= 0.3 is 0 Å². The van der Waals surface area contributed by atoms with E-state index in [4.69, 9.17) is 0 Å². The average molecular weight is 283 g/mol. The fraction of sp³-hybridized carbons (Fsp3) is 1.00. The van der Waals surface area contributed by atoms with Gasteiger partial charge in [0.05, 0.1) is 0 Å². The molecule has 0 bridgehead atoms. The molecule has 0 heterocycles. The van der Waals surface area contributed by atoms with Crippen LogP contribution in [0.4, 0.5) is 0 Å². The summed E-state index contributed by atoms with van der Waals surface area (Å²) in [5.74, 6) is 2.05. The van der Waals surface area contributed by atoms with Crippen LogP contribution in [0.5, 0.6) is 0 Å². The van der Waals surface area contributed by atoms with Gasteiger partial charge in [-0.25, -0.2) is 0 Å². The topological polar surface area (TPSA) is 0 Å². The van der Waals surface area contributed by atoms with Crippen LogP contribution in [0, 0.1) is 11.8 Å². The standard InChI is InChI=1S/C20H42/c1-5-9-12-13-17-20(16-11-7-3)18-19(14-8-4)15-10-6-2/h19-20H,5-18H2,1-4H3. The maximum absolute atomic E-state index is 2.36. The summed E-state index contributed by atoms with van der Waals surface area (Å²) in [6, 6.07) is 0. The van der Waals surface area contributed by atoms with Crippen molar-refractivity contribution < 1.29 is 0 Å². The summed E-state index contributed by atoms with van der Waals surface area (Å²) < 4.78 is 0. The summed E-state index contributed by atoms with van der Waals surface area (Å²) in [7, 11) is 0. The highest BCUT2D eigenvalue weighted by atomic mass is 14.2. The minimum atomic E-state index is 1.02. The van der Waals surface area contributed by atoms with E-state index >= 15 is 0 Å². The lowest BCUT2D eigenvalue weighted by molar-refractivity contribution is 0.290. The van der Waals surface area contributed by atoms with E-state index in [1.165, 1.54) is 89.9 Å². The molecule has 0 aromatic rings. The predicted octanol–water partition coefficient (Wildman–Crippen LogP) is 7.76. The highest BCUT2D eigenvalue weighted by Gasteiger charge is 2.15. The van der Waals surface area contributed by atoms with Crippen molar-refractivity contribution in [3.8, 4) is 0 Å². The van der Waals surface area contributed by atoms with E-state index in [0.717, 1.165) is 11.8 Å². The number of unbranched alkanes of at least 4 members (excludes halogenated alkanes) is 5. The van der Waals surface area contributed by atoms with E-state index in [-0.39, 0.29) is 0 Å². The Morgan fingerprint density at radius 1 is 0.450 bits per heavy atom. The lowest BCUT2D eigenvalue weighted by Gasteiger charge is -2.23. The van der Waals surface area contributed by atoms with Crippen molar-refractivity contribution in [1.29, 1.82) is 0 Å². The molecule has 2 unspecified atom stereocenters. The van der Waals surface area contributed by atoms with Gasteiger partial charge in [-0.05, 0) is 18.3 Å². The molecule has 0 aromatic heterocycles. The van der Waals surface area contributed by atoms with E-state index in [1.54, 1.807) is 0 Å². The van der Waals surface area contributed by atoms with Crippen LogP contribution in [0.15, 0.2) is 0 Å². The van der Waals surface area contributed by atoms with E-state index < -0.39 is 0 Å². The van der Waals surface area contributed by atoms with E-state index in [0.29, 0.717) is 0 Å². The third-order valence-electron chi connectivity index (χ3n) is 4.76. The average Bonchev–Trinajstić information content (AvgIpc) is 2.46. The molecular formula is C20H42. The van der Waals surface area contributed by atoms with Gasteiger partial charge in [0.25, 0.3) is 0 Å². The Kier molecular flexibility index (Phi) is 15.4. The molecule has 20 heavy (non-hydrogen) atoms. The van der Waals surface area contributed by atoms with Crippen molar-refractivity contribution >= 4 is 0 Å². The summed E-state index contributed by atoms with van der Waals surface area (Å²) in [5.41, 5.74) is 0. The zero-order valence-electron chi connectivity index (χ0n) is 15.1. The normalized spacial score (nSPS) is 14.4. The van der Waals surface area contributed by atoms with Crippen molar-refractivity contribution in [3.63, 3.8) is 0 Å². The molecule has 122 valence electrons. The maximum atomic E-state index is 2.36. The van der Waals surface area contributed by atoms with Gasteiger partial charge in [0.1, 0.15) is 0 Å². The summed E-state index contributed by atoms with van der Waals surface area (Å²) >= 11 is 0. The summed E-state index contributed by atoms with van der Waals surface area (Å²) in [6.45, 7) is 9.36. The molecule has 0 radical (unpaired) electrons. The van der Waals surface area contributed by atoms with Gasteiger partial charge in [-0.1, -0.05) is 111 Å². The Morgan fingerprint density at radius 3 is 1.45 bits per heavy atom. The van der Waals surface area contributed by atoms with Crippen LogP contribution in [-0.2, 0) is 0 Å². The Morgan fingerprint density at radius 2 is 0.950 bits per heavy atom. The molecule has 2 atom stereocenters. The van der Waals surface area contributed by atoms with Gasteiger partial charge < -0.3 is 0 Å². The first kappa shape index (κ1) is 20.0. The lowest BCUT2D eigenvalue weighted by Crippen LogP contribution is -2.10. The highest BCUT2D eigenvalue weighted by Crippen LogP contribution is 2.29. The fourth-order valence-corrected chi connectivity index (χ4v) is 3.49. The molecule has 0 N–H and O–H groups in total. The predicted molar refractivity (Wildman–Crippen MR) is 94.3 cm³/mol. The fourth-order valence-electron chi connectivity index (χ4n) is 3.49. The highest BCUT2D eigenvalue weighted by molar-refractivity contribution is 4.68. The molecule has 0 rings (SSSR count). The van der Waals surface area contributed by atoms with Crippen LogP contribution in [0.1, 0.15) is 118 Å². The van der Waals surface area contributed by atoms with Crippen LogP contribution in [-0.4, -0.2) is 0 Å². The molecule has 0 saturated heterocycles. The molecule has 0 heteroatoms. The quantitative estimate of drug-likeness (QED) is 0.269. The third-order valence-corrected chi connectivity index (χ3v) is 4.76. The first-order valence-corrected chi connectivity index (χ1v) is 9.78. The Hall–Kier alpha value is 0. The zero-order valence-corrected chi connectivity index (χ0v) is 15.1. The van der Waals surface area contributed by atoms with Gasteiger partial charge in [-0.15, -0.1) is 0 Å². The second kappa shape index (κ2) is 15.4. The molecule has 0 spiro atoms. The minimum absolute atomic E-state index is 1.02. The summed E-state index contributed by atoms with van der Waals surface area (Å²) in [4.78, 5) is 0. The number of rotatable bonds is 15. The first-order chi connectivity index (χ1) is 9.78. The second-order valence-electron chi connectivity index (χ2n) is 6.89. The summed E-state index contributed by atoms with van der Waals surface area (Å²) in [5, 5.41) is 0. The van der Waals surface area contributed by atoms with Crippen LogP contribution in [0.25, 0.3) is 0 Å². The van der Waals surface area contributed by atoms with Crippen LogP contribution in [0.2, 0.25) is 0 Å². The van der Waals surface area contributed by atoms with E-state index in [1.807, 2.05) is 0 Å². The zero-order chi connectivity index (χ0) is 15.1. The van der Waals surface area contributed by atoms with Crippen LogP contribution < -0.4 is 0 Å². The molecule has 0 aromatic carbocycles. The van der Waals surface area contributed by atoms with Gasteiger partial charge in [0.15, 0.2) is 0 Å². The van der Waals surface area contributed by atoms with Gasteiger partial charge in [-0.2, -0.15) is 0 Å². The molecule has 0 aliphatic carbocycles. The Balaban J connectivity index is 4.11. The molecule has 0 aliphatic heterocycles. The van der Waals surface area contributed by atoms with E-state index in [2.05, 4.69) is 27.7 Å². The smallest absolute Gasteiger partial charge is 0.0412 e. The molecule has 0 saturated carbocycles. The first-order valence-electron chi connectivity index (χ1n) is 9.78. The second-order valence-corrected chi connectivity index (χ2v) is 6.89.